The van der Waals surface area contributed by atoms with Gasteiger partial charge in [0.25, 0.3) is 5.91 Å². The van der Waals surface area contributed by atoms with Crippen LogP contribution in [-0.4, -0.2) is 24.9 Å². The van der Waals surface area contributed by atoms with Crippen LogP contribution in [0.1, 0.15) is 36.7 Å². The lowest BCUT2D eigenvalue weighted by Crippen LogP contribution is -2.33. The molecule has 0 aliphatic heterocycles. The maximum atomic E-state index is 11.8. The molecule has 0 heterocycles. The van der Waals surface area contributed by atoms with Crippen molar-refractivity contribution in [3.63, 3.8) is 0 Å². The molecule has 0 saturated carbocycles. The van der Waals surface area contributed by atoms with Crippen molar-refractivity contribution >= 4 is 11.8 Å². The number of hydrogen-bond donors (Lipinski definition) is 2. The zero-order valence-corrected chi connectivity index (χ0v) is 11.8. The minimum absolute atomic E-state index is 0.0905. The molecule has 0 unspecified atom stereocenters. The number of carbonyl (C=O) groups excluding carboxylic acids is 2. The van der Waals surface area contributed by atoms with Gasteiger partial charge in [0.15, 0.2) is 0 Å². The molecule has 0 aliphatic rings. The van der Waals surface area contributed by atoms with Gasteiger partial charge in [-0.25, -0.2) is 0 Å². The van der Waals surface area contributed by atoms with Crippen molar-refractivity contribution in [2.75, 3.05) is 13.1 Å². The van der Waals surface area contributed by atoms with Crippen molar-refractivity contribution in [3.05, 3.63) is 35.4 Å². The summed E-state index contributed by atoms with van der Waals surface area (Å²) in [6, 6.07) is 7.66. The van der Waals surface area contributed by atoms with Crippen molar-refractivity contribution in [1.82, 2.24) is 10.6 Å². The lowest BCUT2D eigenvalue weighted by molar-refractivity contribution is -0.118. The third-order valence-corrected chi connectivity index (χ3v) is 2.64. The molecule has 0 atom stereocenters. The second-order valence-electron chi connectivity index (χ2n) is 5.03. The van der Waals surface area contributed by atoms with Crippen LogP contribution in [0.5, 0.6) is 0 Å². The number of rotatable bonds is 6. The molecule has 0 radical (unpaired) electrons. The van der Waals surface area contributed by atoms with E-state index >= 15 is 0 Å². The summed E-state index contributed by atoms with van der Waals surface area (Å²) in [4.78, 5) is 22.5. The van der Waals surface area contributed by atoms with Gasteiger partial charge in [-0.2, -0.15) is 0 Å². The fraction of sp³-hybridized carbons (Fsp3) is 0.467. The predicted octanol–water partition coefficient (Wildman–Crippen LogP) is 1.75. The van der Waals surface area contributed by atoms with Crippen LogP contribution >= 0.6 is 0 Å². The number of nitrogens with one attached hydrogen (secondary N) is 2. The fourth-order valence-electron chi connectivity index (χ4n) is 1.78. The van der Waals surface area contributed by atoms with E-state index in [9.17, 15) is 9.59 Å². The quantitative estimate of drug-likeness (QED) is 0.767. The zero-order chi connectivity index (χ0) is 14.3. The highest BCUT2D eigenvalue weighted by atomic mass is 16.2. The first-order valence-corrected chi connectivity index (χ1v) is 6.60. The summed E-state index contributed by atoms with van der Waals surface area (Å²) in [5.41, 5.74) is 1.89. The Morgan fingerprint density at radius 1 is 1.05 bits per heavy atom. The van der Waals surface area contributed by atoms with Crippen LogP contribution in [0.4, 0.5) is 0 Å². The Hall–Kier alpha value is -1.84. The van der Waals surface area contributed by atoms with Gasteiger partial charge in [-0.1, -0.05) is 26.0 Å². The smallest absolute Gasteiger partial charge is 0.251 e. The molecule has 1 rings (SSSR count). The first-order valence-electron chi connectivity index (χ1n) is 6.60. The van der Waals surface area contributed by atoms with Gasteiger partial charge in [0.1, 0.15) is 0 Å². The number of hydrogen-bond acceptors (Lipinski definition) is 2. The van der Waals surface area contributed by atoms with E-state index in [4.69, 9.17) is 0 Å². The summed E-state index contributed by atoms with van der Waals surface area (Å²) >= 11 is 0. The average molecular weight is 262 g/mol. The average Bonchev–Trinajstić information content (AvgIpc) is 2.34. The standard InChI is InChI=1S/C15H22N2O2/c1-11(2)10-13-4-6-14(7-5-13)15(19)17-9-8-16-12(3)18/h4-7,11H,8-10H2,1-3H3,(H,16,18)(H,17,19). The predicted molar refractivity (Wildman–Crippen MR) is 76.0 cm³/mol. The van der Waals surface area contributed by atoms with Gasteiger partial charge < -0.3 is 10.6 Å². The monoisotopic (exact) mass is 262 g/mol. The molecular weight excluding hydrogens is 240 g/mol. The lowest BCUT2D eigenvalue weighted by atomic mass is 10.0. The summed E-state index contributed by atoms with van der Waals surface area (Å²) in [5.74, 6) is 0.408. The second-order valence-corrected chi connectivity index (χ2v) is 5.03. The Bertz CT molecular complexity index is 424. The molecule has 1 aromatic rings. The van der Waals surface area contributed by atoms with Crippen molar-refractivity contribution in [3.8, 4) is 0 Å². The Morgan fingerprint density at radius 2 is 1.63 bits per heavy atom. The van der Waals surface area contributed by atoms with Gasteiger partial charge in [-0.05, 0) is 30.0 Å². The molecule has 1 aromatic carbocycles. The van der Waals surface area contributed by atoms with E-state index in [0.717, 1.165) is 6.42 Å². The van der Waals surface area contributed by atoms with Gasteiger partial charge in [-0.3, -0.25) is 9.59 Å². The molecule has 0 spiro atoms. The third kappa shape index (κ3) is 6.04. The molecule has 2 N–H and O–H groups in total. The summed E-state index contributed by atoms with van der Waals surface area (Å²) in [6.07, 6.45) is 1.02. The van der Waals surface area contributed by atoms with Gasteiger partial charge in [0, 0.05) is 25.6 Å². The molecule has 19 heavy (non-hydrogen) atoms. The van der Waals surface area contributed by atoms with Crippen LogP contribution < -0.4 is 10.6 Å². The molecule has 0 bridgehead atoms. The van der Waals surface area contributed by atoms with Crippen molar-refractivity contribution in [1.29, 1.82) is 0 Å². The first kappa shape index (κ1) is 15.2. The Labute approximate surface area is 114 Å². The van der Waals surface area contributed by atoms with Gasteiger partial charge in [-0.15, -0.1) is 0 Å². The Balaban J connectivity index is 2.42. The summed E-state index contributed by atoms with van der Waals surface area (Å²) in [6.45, 7) is 6.68. The maximum Gasteiger partial charge on any atom is 0.251 e. The lowest BCUT2D eigenvalue weighted by Gasteiger charge is -2.08. The SMILES string of the molecule is CC(=O)NCCNC(=O)c1ccc(CC(C)C)cc1. The molecule has 4 heteroatoms. The summed E-state index contributed by atoms with van der Waals surface area (Å²) < 4.78 is 0. The van der Waals surface area contributed by atoms with E-state index in [2.05, 4.69) is 24.5 Å². The first-order chi connectivity index (χ1) is 8.99. The van der Waals surface area contributed by atoms with E-state index < -0.39 is 0 Å². The molecular formula is C15H22N2O2. The minimum atomic E-state index is -0.110. The molecule has 2 amide bonds. The Morgan fingerprint density at radius 3 is 2.16 bits per heavy atom. The van der Waals surface area contributed by atoms with E-state index in [-0.39, 0.29) is 11.8 Å². The van der Waals surface area contributed by atoms with E-state index in [0.29, 0.717) is 24.6 Å². The Kier molecular flexibility index (Phi) is 6.06. The van der Waals surface area contributed by atoms with Crippen molar-refractivity contribution in [2.24, 2.45) is 5.92 Å². The van der Waals surface area contributed by atoms with Gasteiger partial charge in [0.2, 0.25) is 5.91 Å². The van der Waals surface area contributed by atoms with Gasteiger partial charge in [0.05, 0.1) is 0 Å². The normalized spacial score (nSPS) is 10.3. The molecule has 0 saturated heterocycles. The largest absolute Gasteiger partial charge is 0.355 e. The highest BCUT2D eigenvalue weighted by Crippen LogP contribution is 2.09. The minimum Gasteiger partial charge on any atom is -0.355 e. The van der Waals surface area contributed by atoms with Crippen molar-refractivity contribution in [2.45, 2.75) is 27.2 Å². The van der Waals surface area contributed by atoms with Crippen LogP contribution in [0.3, 0.4) is 0 Å². The topological polar surface area (TPSA) is 58.2 Å². The zero-order valence-electron chi connectivity index (χ0n) is 11.8. The maximum absolute atomic E-state index is 11.8. The molecule has 0 aliphatic carbocycles. The highest BCUT2D eigenvalue weighted by molar-refractivity contribution is 5.94. The van der Waals surface area contributed by atoms with E-state index in [1.54, 1.807) is 0 Å². The molecule has 104 valence electrons. The summed E-state index contributed by atoms with van der Waals surface area (Å²) in [7, 11) is 0. The second kappa shape index (κ2) is 7.56. The molecule has 0 aromatic heterocycles. The number of amides is 2. The number of carbonyl (C=O) groups is 2. The molecule has 4 nitrogen and oxygen atoms in total. The molecule has 0 fully saturated rings. The van der Waals surface area contributed by atoms with Crippen molar-refractivity contribution < 1.29 is 9.59 Å². The van der Waals surface area contributed by atoms with E-state index in [1.165, 1.54) is 12.5 Å². The van der Waals surface area contributed by atoms with E-state index in [1.807, 2.05) is 24.3 Å². The van der Waals surface area contributed by atoms with Crippen LogP contribution in [0.25, 0.3) is 0 Å². The fourth-order valence-corrected chi connectivity index (χ4v) is 1.78. The third-order valence-electron chi connectivity index (χ3n) is 2.64. The van der Waals surface area contributed by atoms with Crippen LogP contribution in [0.2, 0.25) is 0 Å². The summed E-state index contributed by atoms with van der Waals surface area (Å²) in [5, 5.41) is 5.39. The van der Waals surface area contributed by atoms with Crippen LogP contribution in [0, 0.1) is 5.92 Å². The van der Waals surface area contributed by atoms with Crippen LogP contribution in [-0.2, 0) is 11.2 Å². The van der Waals surface area contributed by atoms with Crippen LogP contribution in [0.15, 0.2) is 24.3 Å². The van der Waals surface area contributed by atoms with Gasteiger partial charge >= 0.3 is 0 Å². The highest BCUT2D eigenvalue weighted by Gasteiger charge is 2.05. The number of benzene rings is 1.